The molecule has 148 valence electrons. The van der Waals surface area contributed by atoms with E-state index in [1.807, 2.05) is 0 Å². The lowest BCUT2D eigenvalue weighted by Crippen LogP contribution is -2.21. The van der Waals surface area contributed by atoms with Crippen molar-refractivity contribution in [3.05, 3.63) is 44.9 Å². The molecule has 0 saturated heterocycles. The maximum Gasteiger partial charge on any atom is 0.303 e. The van der Waals surface area contributed by atoms with E-state index >= 15 is 0 Å². The van der Waals surface area contributed by atoms with Crippen LogP contribution >= 0.6 is 34.8 Å². The third-order valence-electron chi connectivity index (χ3n) is 6.35. The van der Waals surface area contributed by atoms with Gasteiger partial charge in [0.05, 0.1) is 0 Å². The highest BCUT2D eigenvalue weighted by Gasteiger charge is 2.45. The van der Waals surface area contributed by atoms with Gasteiger partial charge >= 0.3 is 5.97 Å². The molecule has 5 heteroatoms. The number of carbonyl (C=O) groups is 1. The van der Waals surface area contributed by atoms with E-state index in [1.165, 1.54) is 25.7 Å². The molecule has 0 spiro atoms. The van der Waals surface area contributed by atoms with Crippen LogP contribution in [0.25, 0.3) is 0 Å². The van der Waals surface area contributed by atoms with Crippen LogP contribution in [-0.4, -0.2) is 11.1 Å². The summed E-state index contributed by atoms with van der Waals surface area (Å²) in [5.74, 6) is 2.35. The minimum absolute atomic E-state index is 0.257. The summed E-state index contributed by atoms with van der Waals surface area (Å²) >= 11 is 18.6. The Morgan fingerprint density at radius 1 is 1.11 bits per heavy atom. The molecular formula is C22H27Cl3O2. The van der Waals surface area contributed by atoms with Crippen LogP contribution in [0, 0.1) is 23.7 Å². The maximum atomic E-state index is 10.6. The second-order valence-electron chi connectivity index (χ2n) is 8.03. The quantitative estimate of drug-likeness (QED) is 0.327. The van der Waals surface area contributed by atoms with Crippen LogP contribution in [-0.2, 0) is 11.2 Å². The smallest absolute Gasteiger partial charge is 0.303 e. The summed E-state index contributed by atoms with van der Waals surface area (Å²) in [4.78, 5) is 10.6. The lowest BCUT2D eigenvalue weighted by Gasteiger charge is -2.29. The summed E-state index contributed by atoms with van der Waals surface area (Å²) in [6, 6.07) is 3.54. The van der Waals surface area contributed by atoms with Crippen molar-refractivity contribution in [3.63, 3.8) is 0 Å². The molecule has 3 rings (SSSR count). The molecule has 4 atom stereocenters. The molecule has 27 heavy (non-hydrogen) atoms. The molecule has 1 aromatic rings. The van der Waals surface area contributed by atoms with Crippen LogP contribution < -0.4 is 0 Å². The molecule has 2 nitrogen and oxygen atoms in total. The standard InChI is InChI=1S/C22H27Cl3O2/c23-16-12-20(24)19(21(25)13-16)7-4-6-18-15-10-9-14(11-15)17(18)5-2-1-3-8-22(26)27/h2,5,12-15,17-18H,1,3-4,6-11H2,(H,26,27)/b5-2-/t14-,15+,17+,18+/m1/s1. The van der Waals surface area contributed by atoms with E-state index in [9.17, 15) is 4.79 Å². The molecule has 2 aliphatic rings. The van der Waals surface area contributed by atoms with E-state index in [-0.39, 0.29) is 6.42 Å². The summed E-state index contributed by atoms with van der Waals surface area (Å²) in [7, 11) is 0. The first-order chi connectivity index (χ1) is 13.0. The van der Waals surface area contributed by atoms with Crippen molar-refractivity contribution in [1.29, 1.82) is 0 Å². The van der Waals surface area contributed by atoms with Gasteiger partial charge in [-0.1, -0.05) is 47.0 Å². The minimum atomic E-state index is -0.708. The maximum absolute atomic E-state index is 10.6. The molecule has 0 radical (unpaired) electrons. The summed E-state index contributed by atoms with van der Waals surface area (Å²) in [5, 5.41) is 10.7. The number of unbranched alkanes of at least 4 members (excludes halogenated alkanes) is 1. The molecule has 1 aromatic carbocycles. The first kappa shape index (κ1) is 21.0. The van der Waals surface area contributed by atoms with E-state index in [1.54, 1.807) is 12.1 Å². The number of carboxylic acids is 1. The monoisotopic (exact) mass is 428 g/mol. The summed E-state index contributed by atoms with van der Waals surface area (Å²) in [6.45, 7) is 0. The van der Waals surface area contributed by atoms with Gasteiger partial charge in [-0.15, -0.1) is 0 Å². The number of halogens is 3. The van der Waals surface area contributed by atoms with Gasteiger partial charge in [0.1, 0.15) is 0 Å². The summed E-state index contributed by atoms with van der Waals surface area (Å²) < 4.78 is 0. The third kappa shape index (κ3) is 5.43. The molecule has 2 fully saturated rings. The van der Waals surface area contributed by atoms with E-state index in [2.05, 4.69) is 12.2 Å². The second kappa shape index (κ2) is 9.67. The van der Waals surface area contributed by atoms with Crippen molar-refractivity contribution in [2.45, 2.75) is 57.8 Å². The molecule has 2 bridgehead atoms. The van der Waals surface area contributed by atoms with Crippen molar-refractivity contribution < 1.29 is 9.90 Å². The molecule has 0 unspecified atom stereocenters. The number of benzene rings is 1. The number of carboxylic acid groups (broad SMARTS) is 1. The van der Waals surface area contributed by atoms with Gasteiger partial charge in [-0.3, -0.25) is 4.79 Å². The highest BCUT2D eigenvalue weighted by molar-refractivity contribution is 6.39. The number of hydrogen-bond donors (Lipinski definition) is 1. The van der Waals surface area contributed by atoms with Gasteiger partial charge in [-0.25, -0.2) is 0 Å². The fraction of sp³-hybridized carbons (Fsp3) is 0.591. The van der Waals surface area contributed by atoms with Gasteiger partial charge in [0.15, 0.2) is 0 Å². The van der Waals surface area contributed by atoms with Crippen molar-refractivity contribution in [2.24, 2.45) is 23.7 Å². The van der Waals surface area contributed by atoms with Crippen molar-refractivity contribution in [1.82, 2.24) is 0 Å². The van der Waals surface area contributed by atoms with Crippen molar-refractivity contribution in [2.75, 3.05) is 0 Å². The number of hydrogen-bond acceptors (Lipinski definition) is 1. The summed E-state index contributed by atoms with van der Waals surface area (Å²) in [6.07, 6.45) is 13.7. The van der Waals surface area contributed by atoms with Gasteiger partial charge in [-0.2, -0.15) is 0 Å². The molecule has 0 heterocycles. The van der Waals surface area contributed by atoms with Crippen molar-refractivity contribution >= 4 is 40.8 Å². The number of rotatable bonds is 9. The number of fused-ring (bicyclic) bond motifs is 2. The Bertz CT molecular complexity index is 678. The Morgan fingerprint density at radius 3 is 2.52 bits per heavy atom. The fourth-order valence-corrected chi connectivity index (χ4v) is 6.14. The highest BCUT2D eigenvalue weighted by atomic mass is 35.5. The van der Waals surface area contributed by atoms with E-state index in [4.69, 9.17) is 39.9 Å². The first-order valence-corrected chi connectivity index (χ1v) is 11.1. The average Bonchev–Trinajstić information content (AvgIpc) is 3.18. The zero-order chi connectivity index (χ0) is 19.4. The topological polar surface area (TPSA) is 37.3 Å². The Balaban J connectivity index is 1.53. The zero-order valence-corrected chi connectivity index (χ0v) is 17.7. The van der Waals surface area contributed by atoms with Crippen LogP contribution in [0.5, 0.6) is 0 Å². The van der Waals surface area contributed by atoms with E-state index < -0.39 is 5.97 Å². The normalized spacial score (nSPS) is 26.9. The van der Waals surface area contributed by atoms with Gasteiger partial charge in [0.25, 0.3) is 0 Å². The van der Waals surface area contributed by atoms with Gasteiger partial charge in [-0.05, 0) is 92.7 Å². The van der Waals surface area contributed by atoms with Crippen LogP contribution in [0.3, 0.4) is 0 Å². The summed E-state index contributed by atoms with van der Waals surface area (Å²) in [5.41, 5.74) is 1.01. The first-order valence-electron chi connectivity index (χ1n) is 9.97. The molecular weight excluding hydrogens is 403 g/mol. The Kier molecular flexibility index (Phi) is 7.53. The molecule has 2 saturated carbocycles. The third-order valence-corrected chi connectivity index (χ3v) is 7.24. The zero-order valence-electron chi connectivity index (χ0n) is 15.5. The number of allylic oxidation sites excluding steroid dienone is 2. The van der Waals surface area contributed by atoms with Gasteiger partial charge in [0.2, 0.25) is 0 Å². The fourth-order valence-electron chi connectivity index (χ4n) is 5.13. The molecule has 1 N–H and O–H groups in total. The molecule has 0 amide bonds. The van der Waals surface area contributed by atoms with Gasteiger partial charge in [0, 0.05) is 21.5 Å². The predicted octanol–water partition coefficient (Wildman–Crippen LogP) is 7.44. The average molecular weight is 430 g/mol. The highest BCUT2D eigenvalue weighted by Crippen LogP contribution is 2.54. The Hall–Kier alpha value is -0.700. The van der Waals surface area contributed by atoms with Crippen LogP contribution in [0.4, 0.5) is 0 Å². The van der Waals surface area contributed by atoms with E-state index in [0.29, 0.717) is 21.0 Å². The molecule has 2 aliphatic carbocycles. The van der Waals surface area contributed by atoms with E-state index in [0.717, 1.165) is 49.0 Å². The predicted molar refractivity (Wildman–Crippen MR) is 113 cm³/mol. The SMILES string of the molecule is O=C(O)CCC/C=C\[C@H]1[C@@H]2CC[C@@H](C2)[C@@H]1CCCc1c(Cl)cc(Cl)cc1Cl. The minimum Gasteiger partial charge on any atom is -0.481 e. The second-order valence-corrected chi connectivity index (χ2v) is 9.28. The number of aliphatic carboxylic acids is 1. The lowest BCUT2D eigenvalue weighted by atomic mass is 9.76. The van der Waals surface area contributed by atoms with Crippen LogP contribution in [0.1, 0.15) is 56.9 Å². The van der Waals surface area contributed by atoms with Gasteiger partial charge < -0.3 is 5.11 Å². The largest absolute Gasteiger partial charge is 0.481 e. The Labute approximate surface area is 176 Å². The van der Waals surface area contributed by atoms with Crippen LogP contribution in [0.2, 0.25) is 15.1 Å². The molecule has 0 aliphatic heterocycles. The molecule has 0 aromatic heterocycles. The van der Waals surface area contributed by atoms with Crippen molar-refractivity contribution in [3.8, 4) is 0 Å². The lowest BCUT2D eigenvalue weighted by molar-refractivity contribution is -0.137. The van der Waals surface area contributed by atoms with Crippen LogP contribution in [0.15, 0.2) is 24.3 Å². The Morgan fingerprint density at radius 2 is 1.81 bits per heavy atom.